The van der Waals surface area contributed by atoms with Crippen molar-refractivity contribution in [2.45, 2.75) is 6.92 Å². The van der Waals surface area contributed by atoms with Crippen LogP contribution in [0.1, 0.15) is 10.4 Å². The van der Waals surface area contributed by atoms with Crippen LogP contribution in [0.25, 0.3) is 23.0 Å². The van der Waals surface area contributed by atoms with Crippen LogP contribution in [0.2, 0.25) is 0 Å². The summed E-state index contributed by atoms with van der Waals surface area (Å²) in [5.41, 5.74) is 3.59. The second-order valence-electron chi connectivity index (χ2n) is 6.07. The number of carbonyl (C=O) groups excluding carboxylic acids is 1. The zero-order valence-electron chi connectivity index (χ0n) is 14.5. The van der Waals surface area contributed by atoms with Crippen molar-refractivity contribution in [1.82, 2.24) is 9.38 Å². The number of aryl methyl sites for hydroxylation is 1. The standard InChI is InChI=1S/C21H16BrN3OS/c1-14-7-11-18-23-20(15-5-3-2-4-6-15)21(25(18)13-14)24-19(26)12-9-16-8-10-17(22)27-16/h2-13H,1H3,(H,24,26)/b12-9+. The number of nitrogens with one attached hydrogen (secondary N) is 1. The zero-order valence-corrected chi connectivity index (χ0v) is 16.9. The number of imidazole rings is 1. The molecule has 0 saturated carbocycles. The van der Waals surface area contributed by atoms with E-state index in [2.05, 4.69) is 21.2 Å². The summed E-state index contributed by atoms with van der Waals surface area (Å²) < 4.78 is 2.96. The van der Waals surface area contributed by atoms with Crippen LogP contribution >= 0.6 is 27.3 Å². The molecule has 0 aliphatic carbocycles. The Bertz CT molecular complexity index is 1140. The van der Waals surface area contributed by atoms with Gasteiger partial charge in [0.2, 0.25) is 5.91 Å². The minimum Gasteiger partial charge on any atom is -0.306 e. The molecule has 3 aromatic heterocycles. The maximum atomic E-state index is 12.6. The lowest BCUT2D eigenvalue weighted by Gasteiger charge is -2.06. The van der Waals surface area contributed by atoms with Gasteiger partial charge in [0.1, 0.15) is 17.2 Å². The molecule has 0 bridgehead atoms. The number of aromatic nitrogens is 2. The average Bonchev–Trinajstić information content (AvgIpc) is 3.24. The summed E-state index contributed by atoms with van der Waals surface area (Å²) >= 11 is 5.00. The highest BCUT2D eigenvalue weighted by molar-refractivity contribution is 9.11. The van der Waals surface area contributed by atoms with Crippen molar-refractivity contribution in [3.05, 3.63) is 81.1 Å². The minimum atomic E-state index is -0.194. The molecule has 1 amide bonds. The molecule has 0 spiro atoms. The molecule has 0 radical (unpaired) electrons. The Morgan fingerprint density at radius 2 is 1.96 bits per heavy atom. The van der Waals surface area contributed by atoms with E-state index in [0.29, 0.717) is 5.82 Å². The summed E-state index contributed by atoms with van der Waals surface area (Å²) in [6.07, 6.45) is 5.33. The third-order valence-corrected chi connectivity index (χ3v) is 5.64. The molecule has 0 aliphatic rings. The fourth-order valence-corrected chi connectivity index (χ4v) is 4.13. The molecule has 27 heavy (non-hydrogen) atoms. The topological polar surface area (TPSA) is 46.4 Å². The molecule has 0 fully saturated rings. The van der Waals surface area contributed by atoms with E-state index in [9.17, 15) is 4.79 Å². The summed E-state index contributed by atoms with van der Waals surface area (Å²) in [7, 11) is 0. The van der Waals surface area contributed by atoms with Crippen LogP contribution in [0.15, 0.2) is 70.7 Å². The Balaban J connectivity index is 1.72. The van der Waals surface area contributed by atoms with E-state index in [0.717, 1.165) is 31.1 Å². The van der Waals surface area contributed by atoms with E-state index in [1.165, 1.54) is 0 Å². The monoisotopic (exact) mass is 437 g/mol. The number of hydrogen-bond acceptors (Lipinski definition) is 3. The lowest BCUT2D eigenvalue weighted by atomic mass is 10.1. The van der Waals surface area contributed by atoms with Gasteiger partial charge in [-0.1, -0.05) is 36.4 Å². The quantitative estimate of drug-likeness (QED) is 0.410. The van der Waals surface area contributed by atoms with Crippen LogP contribution in [-0.2, 0) is 4.79 Å². The molecule has 4 aromatic rings. The number of anilines is 1. The van der Waals surface area contributed by atoms with Gasteiger partial charge in [-0.05, 0) is 52.7 Å². The number of rotatable bonds is 4. The van der Waals surface area contributed by atoms with Gasteiger partial charge in [0, 0.05) is 22.7 Å². The molecular weight excluding hydrogens is 422 g/mol. The largest absolute Gasteiger partial charge is 0.306 e. The Labute approximate surface area is 169 Å². The van der Waals surface area contributed by atoms with Crippen LogP contribution < -0.4 is 5.32 Å². The zero-order chi connectivity index (χ0) is 18.8. The summed E-state index contributed by atoms with van der Waals surface area (Å²) in [6.45, 7) is 2.02. The van der Waals surface area contributed by atoms with Gasteiger partial charge >= 0.3 is 0 Å². The molecule has 1 aromatic carbocycles. The molecule has 0 unspecified atom stereocenters. The fourth-order valence-electron chi connectivity index (χ4n) is 2.80. The smallest absolute Gasteiger partial charge is 0.249 e. The summed E-state index contributed by atoms with van der Waals surface area (Å²) in [4.78, 5) is 18.3. The number of hydrogen-bond donors (Lipinski definition) is 1. The maximum Gasteiger partial charge on any atom is 0.249 e. The van der Waals surface area contributed by atoms with E-state index in [-0.39, 0.29) is 5.91 Å². The van der Waals surface area contributed by atoms with Gasteiger partial charge in [0.05, 0.1) is 3.79 Å². The molecule has 1 N–H and O–H groups in total. The van der Waals surface area contributed by atoms with Gasteiger partial charge in [-0.25, -0.2) is 4.98 Å². The van der Waals surface area contributed by atoms with Crippen molar-refractivity contribution in [3.63, 3.8) is 0 Å². The number of thiophene rings is 1. The number of amides is 1. The first-order chi connectivity index (χ1) is 13.1. The van der Waals surface area contributed by atoms with Crippen LogP contribution in [0.4, 0.5) is 5.82 Å². The summed E-state index contributed by atoms with van der Waals surface area (Å²) in [5.74, 6) is 0.474. The first-order valence-corrected chi connectivity index (χ1v) is 9.99. The number of pyridine rings is 1. The highest BCUT2D eigenvalue weighted by atomic mass is 79.9. The number of carbonyl (C=O) groups is 1. The Kier molecular flexibility index (Phi) is 4.92. The Morgan fingerprint density at radius 1 is 1.15 bits per heavy atom. The van der Waals surface area contributed by atoms with E-state index < -0.39 is 0 Å². The van der Waals surface area contributed by atoms with Crippen LogP contribution in [0, 0.1) is 6.92 Å². The van der Waals surface area contributed by atoms with E-state index in [1.807, 2.05) is 72.1 Å². The second kappa shape index (κ2) is 7.50. The number of benzene rings is 1. The number of halogens is 1. The minimum absolute atomic E-state index is 0.194. The Morgan fingerprint density at radius 3 is 2.70 bits per heavy atom. The number of fused-ring (bicyclic) bond motifs is 1. The molecular formula is C21H16BrN3OS. The first-order valence-electron chi connectivity index (χ1n) is 8.39. The predicted molar refractivity (Wildman–Crippen MR) is 115 cm³/mol. The molecule has 0 atom stereocenters. The highest BCUT2D eigenvalue weighted by Crippen LogP contribution is 2.29. The van der Waals surface area contributed by atoms with E-state index in [4.69, 9.17) is 4.98 Å². The molecule has 4 nitrogen and oxygen atoms in total. The first kappa shape index (κ1) is 17.7. The lowest BCUT2D eigenvalue weighted by molar-refractivity contribution is -0.111. The van der Waals surface area contributed by atoms with Crippen molar-refractivity contribution in [2.24, 2.45) is 0 Å². The van der Waals surface area contributed by atoms with Crippen LogP contribution in [0.3, 0.4) is 0 Å². The highest BCUT2D eigenvalue weighted by Gasteiger charge is 2.15. The van der Waals surface area contributed by atoms with Crippen molar-refractivity contribution in [2.75, 3.05) is 5.32 Å². The summed E-state index contributed by atoms with van der Waals surface area (Å²) in [5, 5.41) is 3.00. The molecule has 134 valence electrons. The van der Waals surface area contributed by atoms with Gasteiger partial charge in [0.25, 0.3) is 0 Å². The van der Waals surface area contributed by atoms with Crippen LogP contribution in [-0.4, -0.2) is 15.3 Å². The van der Waals surface area contributed by atoms with Crippen molar-refractivity contribution >= 4 is 50.7 Å². The lowest BCUT2D eigenvalue weighted by Crippen LogP contribution is -2.10. The van der Waals surface area contributed by atoms with Crippen molar-refractivity contribution in [3.8, 4) is 11.3 Å². The normalized spacial score (nSPS) is 11.3. The SMILES string of the molecule is Cc1ccc2nc(-c3ccccc3)c(NC(=O)/C=C/c3ccc(Br)s3)n2c1. The second-order valence-corrected chi connectivity index (χ2v) is 8.57. The molecule has 4 rings (SSSR count). The molecule has 6 heteroatoms. The number of nitrogens with zero attached hydrogens (tertiary/aromatic N) is 2. The van der Waals surface area contributed by atoms with Crippen LogP contribution in [0.5, 0.6) is 0 Å². The van der Waals surface area contributed by atoms with Crippen molar-refractivity contribution in [1.29, 1.82) is 0 Å². The van der Waals surface area contributed by atoms with Gasteiger partial charge in [0.15, 0.2) is 0 Å². The van der Waals surface area contributed by atoms with Crippen molar-refractivity contribution < 1.29 is 4.79 Å². The third-order valence-electron chi connectivity index (χ3n) is 4.05. The van der Waals surface area contributed by atoms with Gasteiger partial charge < -0.3 is 5.32 Å². The van der Waals surface area contributed by atoms with Gasteiger partial charge in [-0.2, -0.15) is 0 Å². The maximum absolute atomic E-state index is 12.6. The summed E-state index contributed by atoms with van der Waals surface area (Å²) in [6, 6.07) is 17.8. The fraction of sp³-hybridized carbons (Fsp3) is 0.0476. The van der Waals surface area contributed by atoms with Gasteiger partial charge in [-0.3, -0.25) is 9.20 Å². The Hall–Kier alpha value is -2.70. The third kappa shape index (κ3) is 3.86. The molecule has 0 aliphatic heterocycles. The van der Waals surface area contributed by atoms with Gasteiger partial charge in [-0.15, -0.1) is 11.3 Å². The predicted octanol–water partition coefficient (Wildman–Crippen LogP) is 5.79. The molecule has 3 heterocycles. The van der Waals surface area contributed by atoms with E-state index in [1.54, 1.807) is 23.5 Å². The van der Waals surface area contributed by atoms with E-state index >= 15 is 0 Å². The molecule has 0 saturated heterocycles. The average molecular weight is 438 g/mol.